The minimum Gasteiger partial charge on any atom is -0.354 e. The van der Waals surface area contributed by atoms with E-state index in [0.717, 1.165) is 27.1 Å². The average Bonchev–Trinajstić information content (AvgIpc) is 3.10. The van der Waals surface area contributed by atoms with E-state index in [2.05, 4.69) is 10.3 Å². The Kier molecular flexibility index (Phi) is 6.06. The van der Waals surface area contributed by atoms with Crippen molar-refractivity contribution in [2.75, 3.05) is 12.3 Å². The standard InChI is InChI=1S/C23H17ClF2N2OS/c24-17-5-3-6-18(26)20(17)23(29)27-12-13-30-22-16-4-1-2-7-19(16)28-21(22)14-8-10-15(25)11-9-14/h1-11,28H,12-13H2,(H,27,29). The number of hydrogen-bond acceptors (Lipinski definition) is 2. The minimum absolute atomic E-state index is 0.0791. The smallest absolute Gasteiger partial charge is 0.255 e. The van der Waals surface area contributed by atoms with Gasteiger partial charge < -0.3 is 10.3 Å². The third kappa shape index (κ3) is 4.20. The summed E-state index contributed by atoms with van der Waals surface area (Å²) in [6.45, 7) is 0.330. The van der Waals surface area contributed by atoms with Gasteiger partial charge in [0.25, 0.3) is 5.91 Å². The predicted octanol–water partition coefficient (Wildman–Crippen LogP) is 6.29. The van der Waals surface area contributed by atoms with Crippen molar-refractivity contribution in [3.05, 3.63) is 89.0 Å². The molecule has 0 radical (unpaired) electrons. The molecule has 0 aliphatic heterocycles. The van der Waals surface area contributed by atoms with Crippen molar-refractivity contribution in [1.82, 2.24) is 10.3 Å². The highest BCUT2D eigenvalue weighted by Gasteiger charge is 2.16. The van der Waals surface area contributed by atoms with Crippen molar-refractivity contribution < 1.29 is 13.6 Å². The summed E-state index contributed by atoms with van der Waals surface area (Å²) in [5, 5.41) is 3.84. The molecular formula is C23H17ClF2N2OS. The van der Waals surface area contributed by atoms with Crippen LogP contribution in [0.2, 0.25) is 5.02 Å². The highest BCUT2D eigenvalue weighted by atomic mass is 35.5. The third-order valence-corrected chi connectivity index (χ3v) is 6.05. The molecule has 1 aromatic heterocycles. The first-order chi connectivity index (χ1) is 14.5. The molecule has 4 aromatic rings. The van der Waals surface area contributed by atoms with E-state index in [0.29, 0.717) is 12.3 Å². The molecule has 7 heteroatoms. The second-order valence-electron chi connectivity index (χ2n) is 6.58. The van der Waals surface area contributed by atoms with Gasteiger partial charge in [0.1, 0.15) is 11.6 Å². The number of benzene rings is 3. The predicted molar refractivity (Wildman–Crippen MR) is 118 cm³/mol. The number of halogens is 3. The lowest BCUT2D eigenvalue weighted by Gasteiger charge is -2.09. The number of carbonyl (C=O) groups is 1. The van der Waals surface area contributed by atoms with Crippen molar-refractivity contribution in [3.63, 3.8) is 0 Å². The van der Waals surface area contributed by atoms with E-state index in [-0.39, 0.29) is 16.4 Å². The Bertz CT molecular complexity index is 1190. The Morgan fingerprint density at radius 3 is 2.53 bits per heavy atom. The zero-order valence-electron chi connectivity index (χ0n) is 15.7. The summed E-state index contributed by atoms with van der Waals surface area (Å²) < 4.78 is 27.2. The molecule has 0 atom stereocenters. The summed E-state index contributed by atoms with van der Waals surface area (Å²) in [5.74, 6) is -0.925. The van der Waals surface area contributed by atoms with E-state index in [1.54, 1.807) is 23.9 Å². The Morgan fingerprint density at radius 1 is 1.00 bits per heavy atom. The minimum atomic E-state index is -0.650. The second kappa shape index (κ2) is 8.90. The fourth-order valence-corrected chi connectivity index (χ4v) is 4.51. The number of nitrogens with one attached hydrogen (secondary N) is 2. The Hall–Kier alpha value is -2.83. The number of aromatic amines is 1. The molecule has 4 rings (SSSR count). The Balaban J connectivity index is 1.51. The third-order valence-electron chi connectivity index (χ3n) is 4.62. The molecule has 0 unspecified atom stereocenters. The number of thioether (sulfide) groups is 1. The van der Waals surface area contributed by atoms with E-state index in [4.69, 9.17) is 11.6 Å². The topological polar surface area (TPSA) is 44.9 Å². The highest BCUT2D eigenvalue weighted by molar-refractivity contribution is 7.99. The van der Waals surface area contributed by atoms with Gasteiger partial charge in [-0.25, -0.2) is 8.78 Å². The SMILES string of the molecule is O=C(NCCSc1c(-c2ccc(F)cc2)[nH]c2ccccc12)c1c(F)cccc1Cl. The molecule has 0 spiro atoms. The van der Waals surface area contributed by atoms with Crippen LogP contribution in [0.15, 0.2) is 71.6 Å². The van der Waals surface area contributed by atoms with Crippen LogP contribution >= 0.6 is 23.4 Å². The summed E-state index contributed by atoms with van der Waals surface area (Å²) in [5.41, 5.74) is 2.59. The van der Waals surface area contributed by atoms with Crippen LogP contribution in [-0.2, 0) is 0 Å². The van der Waals surface area contributed by atoms with Gasteiger partial charge in [0.05, 0.1) is 16.3 Å². The first-order valence-corrected chi connectivity index (χ1v) is 10.6. The Morgan fingerprint density at radius 2 is 1.77 bits per heavy atom. The van der Waals surface area contributed by atoms with Crippen LogP contribution in [0.4, 0.5) is 8.78 Å². The molecular weight excluding hydrogens is 426 g/mol. The van der Waals surface area contributed by atoms with E-state index < -0.39 is 11.7 Å². The van der Waals surface area contributed by atoms with Gasteiger partial charge in [0.2, 0.25) is 0 Å². The molecule has 0 saturated heterocycles. The molecule has 2 N–H and O–H groups in total. The number of rotatable bonds is 6. The number of para-hydroxylation sites is 1. The second-order valence-corrected chi connectivity index (χ2v) is 8.09. The maximum absolute atomic E-state index is 13.9. The lowest BCUT2D eigenvalue weighted by molar-refractivity contribution is 0.0952. The van der Waals surface area contributed by atoms with Crippen molar-refractivity contribution in [2.24, 2.45) is 0 Å². The molecule has 0 fully saturated rings. The van der Waals surface area contributed by atoms with Crippen molar-refractivity contribution in [3.8, 4) is 11.3 Å². The van der Waals surface area contributed by atoms with Crippen LogP contribution in [-0.4, -0.2) is 23.2 Å². The lowest BCUT2D eigenvalue weighted by Crippen LogP contribution is -2.26. The first kappa shape index (κ1) is 20.4. The van der Waals surface area contributed by atoms with Crippen LogP contribution in [0.25, 0.3) is 22.2 Å². The molecule has 0 aliphatic carbocycles. The number of amides is 1. The molecule has 3 nitrogen and oxygen atoms in total. The lowest BCUT2D eigenvalue weighted by atomic mass is 10.1. The maximum atomic E-state index is 13.9. The van der Waals surface area contributed by atoms with E-state index in [1.807, 2.05) is 24.3 Å². The molecule has 0 aliphatic rings. The normalized spacial score (nSPS) is 11.0. The maximum Gasteiger partial charge on any atom is 0.255 e. The summed E-state index contributed by atoms with van der Waals surface area (Å²) in [4.78, 5) is 16.7. The molecule has 0 saturated carbocycles. The summed E-state index contributed by atoms with van der Waals surface area (Å²) in [7, 11) is 0. The van der Waals surface area contributed by atoms with Crippen LogP contribution < -0.4 is 5.32 Å². The molecule has 0 bridgehead atoms. The van der Waals surface area contributed by atoms with E-state index >= 15 is 0 Å². The largest absolute Gasteiger partial charge is 0.354 e. The number of H-pyrrole nitrogens is 1. The van der Waals surface area contributed by atoms with Gasteiger partial charge in [0, 0.05) is 28.1 Å². The van der Waals surface area contributed by atoms with Gasteiger partial charge in [-0.1, -0.05) is 35.9 Å². The van der Waals surface area contributed by atoms with Crippen molar-refractivity contribution in [1.29, 1.82) is 0 Å². The molecule has 152 valence electrons. The average molecular weight is 443 g/mol. The van der Waals surface area contributed by atoms with Gasteiger partial charge >= 0.3 is 0 Å². The zero-order chi connectivity index (χ0) is 21.1. The van der Waals surface area contributed by atoms with E-state index in [9.17, 15) is 13.6 Å². The van der Waals surface area contributed by atoms with E-state index in [1.165, 1.54) is 30.3 Å². The van der Waals surface area contributed by atoms with Crippen molar-refractivity contribution >= 4 is 40.2 Å². The first-order valence-electron chi connectivity index (χ1n) is 9.26. The number of carbonyl (C=O) groups excluding carboxylic acids is 1. The van der Waals surface area contributed by atoms with Gasteiger partial charge in [-0.2, -0.15) is 0 Å². The quantitative estimate of drug-likeness (QED) is 0.272. The fraction of sp³-hybridized carbons (Fsp3) is 0.0870. The fourth-order valence-electron chi connectivity index (χ4n) is 3.21. The van der Waals surface area contributed by atoms with Crippen LogP contribution in [0.3, 0.4) is 0 Å². The van der Waals surface area contributed by atoms with Gasteiger partial charge in [-0.15, -0.1) is 11.8 Å². The van der Waals surface area contributed by atoms with Gasteiger partial charge in [0.15, 0.2) is 0 Å². The highest BCUT2D eigenvalue weighted by Crippen LogP contribution is 2.37. The summed E-state index contributed by atoms with van der Waals surface area (Å²) in [6.07, 6.45) is 0. The van der Waals surface area contributed by atoms with Crippen LogP contribution in [0, 0.1) is 11.6 Å². The monoisotopic (exact) mass is 442 g/mol. The molecule has 30 heavy (non-hydrogen) atoms. The number of aromatic nitrogens is 1. The Labute approximate surface area is 181 Å². The van der Waals surface area contributed by atoms with Crippen LogP contribution in [0.5, 0.6) is 0 Å². The summed E-state index contributed by atoms with van der Waals surface area (Å²) in [6, 6.07) is 18.3. The molecule has 3 aromatic carbocycles. The molecule has 1 heterocycles. The zero-order valence-corrected chi connectivity index (χ0v) is 17.3. The van der Waals surface area contributed by atoms with Crippen LogP contribution in [0.1, 0.15) is 10.4 Å². The molecule has 1 amide bonds. The van der Waals surface area contributed by atoms with Gasteiger partial charge in [-0.3, -0.25) is 4.79 Å². The number of hydrogen-bond donors (Lipinski definition) is 2. The summed E-state index contributed by atoms with van der Waals surface area (Å²) >= 11 is 7.51. The van der Waals surface area contributed by atoms with Crippen molar-refractivity contribution in [2.45, 2.75) is 4.90 Å². The van der Waals surface area contributed by atoms with Gasteiger partial charge in [-0.05, 0) is 48.0 Å². The number of fused-ring (bicyclic) bond motifs is 1.